The van der Waals surface area contributed by atoms with Crippen LogP contribution in [-0.2, 0) is 0 Å². The fourth-order valence-electron chi connectivity index (χ4n) is 2.05. The number of rotatable bonds is 2. The molecule has 1 saturated heterocycles. The molecule has 1 aromatic rings. The molecule has 1 fully saturated rings. The third-order valence-corrected chi connectivity index (χ3v) is 3.07. The number of benzene rings is 1. The van der Waals surface area contributed by atoms with Gasteiger partial charge in [-0.05, 0) is 24.6 Å². The number of halogens is 2. The second kappa shape index (κ2) is 4.29. The summed E-state index contributed by atoms with van der Waals surface area (Å²) in [5.41, 5.74) is -0.138. The first-order valence-corrected chi connectivity index (χ1v) is 5.30. The summed E-state index contributed by atoms with van der Waals surface area (Å²) in [6, 6.07) is 3.72. The first-order valence-electron chi connectivity index (χ1n) is 5.30. The minimum Gasteiger partial charge on any atom is -0.316 e. The third-order valence-electron chi connectivity index (χ3n) is 3.07. The van der Waals surface area contributed by atoms with Gasteiger partial charge in [0.25, 0.3) is 0 Å². The molecule has 86 valence electrons. The van der Waals surface area contributed by atoms with E-state index in [2.05, 4.69) is 5.32 Å². The lowest BCUT2D eigenvalue weighted by molar-refractivity contribution is 0.0902. The van der Waals surface area contributed by atoms with Gasteiger partial charge in [0.05, 0.1) is 5.56 Å². The molecule has 1 aliphatic rings. The molecule has 16 heavy (non-hydrogen) atoms. The Labute approximate surface area is 92.7 Å². The van der Waals surface area contributed by atoms with E-state index in [0.29, 0.717) is 6.54 Å². The van der Waals surface area contributed by atoms with Crippen molar-refractivity contribution in [3.63, 3.8) is 0 Å². The lowest BCUT2D eigenvalue weighted by Crippen LogP contribution is -2.22. The highest BCUT2D eigenvalue weighted by Crippen LogP contribution is 2.23. The highest BCUT2D eigenvalue weighted by atomic mass is 19.2. The van der Waals surface area contributed by atoms with Crippen molar-refractivity contribution in [3.05, 3.63) is 35.4 Å². The van der Waals surface area contributed by atoms with Crippen molar-refractivity contribution in [2.45, 2.75) is 6.92 Å². The Bertz CT molecular complexity index is 419. The number of nitrogens with one attached hydrogen (secondary N) is 1. The van der Waals surface area contributed by atoms with Crippen molar-refractivity contribution in [1.29, 1.82) is 0 Å². The maximum absolute atomic E-state index is 13.4. The van der Waals surface area contributed by atoms with Crippen LogP contribution >= 0.6 is 0 Å². The van der Waals surface area contributed by atoms with E-state index in [1.54, 1.807) is 0 Å². The zero-order valence-electron chi connectivity index (χ0n) is 8.97. The molecule has 2 atom stereocenters. The van der Waals surface area contributed by atoms with Crippen LogP contribution < -0.4 is 5.32 Å². The van der Waals surface area contributed by atoms with Crippen LogP contribution in [0.4, 0.5) is 8.78 Å². The number of carbonyl (C=O) groups is 1. The average molecular weight is 225 g/mol. The Morgan fingerprint density at radius 2 is 2.12 bits per heavy atom. The second-order valence-corrected chi connectivity index (χ2v) is 4.21. The lowest BCUT2D eigenvalue weighted by atomic mass is 9.89. The molecule has 4 heteroatoms. The molecule has 1 aromatic carbocycles. The van der Waals surface area contributed by atoms with Gasteiger partial charge in [0.2, 0.25) is 0 Å². The van der Waals surface area contributed by atoms with Crippen molar-refractivity contribution < 1.29 is 13.6 Å². The van der Waals surface area contributed by atoms with Crippen LogP contribution in [-0.4, -0.2) is 18.9 Å². The van der Waals surface area contributed by atoms with Crippen LogP contribution in [0.1, 0.15) is 17.3 Å². The molecule has 1 aliphatic heterocycles. The topological polar surface area (TPSA) is 29.1 Å². The van der Waals surface area contributed by atoms with Crippen LogP contribution in [0.25, 0.3) is 0 Å². The molecular weight excluding hydrogens is 212 g/mol. The average Bonchev–Trinajstić information content (AvgIpc) is 2.68. The maximum atomic E-state index is 13.4. The van der Waals surface area contributed by atoms with E-state index in [4.69, 9.17) is 0 Å². The van der Waals surface area contributed by atoms with Gasteiger partial charge in [-0.25, -0.2) is 8.78 Å². The minimum absolute atomic E-state index is 0.138. The molecule has 0 aliphatic carbocycles. The first kappa shape index (κ1) is 11.2. The van der Waals surface area contributed by atoms with Crippen LogP contribution in [0.5, 0.6) is 0 Å². The lowest BCUT2D eigenvalue weighted by Gasteiger charge is -2.13. The highest BCUT2D eigenvalue weighted by molar-refractivity contribution is 5.98. The predicted octanol–water partition coefficient (Wildman–Crippen LogP) is 2.00. The van der Waals surface area contributed by atoms with E-state index in [1.807, 2.05) is 6.92 Å². The van der Waals surface area contributed by atoms with E-state index >= 15 is 0 Å². The zero-order valence-corrected chi connectivity index (χ0v) is 8.97. The van der Waals surface area contributed by atoms with Gasteiger partial charge in [-0.1, -0.05) is 13.0 Å². The Morgan fingerprint density at radius 3 is 2.75 bits per heavy atom. The van der Waals surface area contributed by atoms with E-state index < -0.39 is 11.6 Å². The van der Waals surface area contributed by atoms with Crippen molar-refractivity contribution >= 4 is 5.78 Å². The van der Waals surface area contributed by atoms with Gasteiger partial charge in [-0.3, -0.25) is 4.79 Å². The van der Waals surface area contributed by atoms with E-state index in [0.717, 1.165) is 12.6 Å². The van der Waals surface area contributed by atoms with E-state index in [1.165, 1.54) is 12.1 Å². The largest absolute Gasteiger partial charge is 0.316 e. The van der Waals surface area contributed by atoms with Gasteiger partial charge in [0, 0.05) is 12.5 Å². The number of hydrogen-bond acceptors (Lipinski definition) is 2. The number of Topliss-reactive ketones (excluding diaryl/α,β-unsaturated/α-hetero) is 1. The Balaban J connectivity index is 2.30. The van der Waals surface area contributed by atoms with Crippen LogP contribution in [0.3, 0.4) is 0 Å². The second-order valence-electron chi connectivity index (χ2n) is 4.21. The highest BCUT2D eigenvalue weighted by Gasteiger charge is 2.31. The number of hydrogen-bond donors (Lipinski definition) is 1. The van der Waals surface area contributed by atoms with Crippen molar-refractivity contribution in [1.82, 2.24) is 5.32 Å². The molecular formula is C12H13F2NO. The van der Waals surface area contributed by atoms with Crippen LogP contribution in [0.15, 0.2) is 18.2 Å². The van der Waals surface area contributed by atoms with Gasteiger partial charge < -0.3 is 5.32 Å². The summed E-state index contributed by atoms with van der Waals surface area (Å²) in [5, 5.41) is 3.07. The summed E-state index contributed by atoms with van der Waals surface area (Å²) in [7, 11) is 0. The summed E-state index contributed by atoms with van der Waals surface area (Å²) in [6.45, 7) is 3.21. The molecule has 0 spiro atoms. The standard InChI is InChI=1S/C12H13F2NO/c1-7-5-15-6-9(7)12(16)8-3-2-4-10(13)11(8)14/h2-4,7,9,15H,5-6H2,1H3. The quantitative estimate of drug-likeness (QED) is 0.780. The summed E-state index contributed by atoms with van der Waals surface area (Å²) in [4.78, 5) is 12.0. The molecule has 2 nitrogen and oxygen atoms in total. The Hall–Kier alpha value is -1.29. The van der Waals surface area contributed by atoms with Gasteiger partial charge in [-0.2, -0.15) is 0 Å². The molecule has 0 amide bonds. The molecule has 0 bridgehead atoms. The molecule has 0 radical (unpaired) electrons. The third kappa shape index (κ3) is 1.85. The van der Waals surface area contributed by atoms with Gasteiger partial charge >= 0.3 is 0 Å². The Morgan fingerprint density at radius 1 is 1.38 bits per heavy atom. The minimum atomic E-state index is -1.04. The van der Waals surface area contributed by atoms with Gasteiger partial charge in [0.1, 0.15) is 0 Å². The monoisotopic (exact) mass is 225 g/mol. The van der Waals surface area contributed by atoms with Gasteiger partial charge in [-0.15, -0.1) is 0 Å². The van der Waals surface area contributed by atoms with E-state index in [9.17, 15) is 13.6 Å². The maximum Gasteiger partial charge on any atom is 0.170 e. The van der Waals surface area contributed by atoms with E-state index in [-0.39, 0.29) is 23.2 Å². The van der Waals surface area contributed by atoms with Crippen LogP contribution in [0.2, 0.25) is 0 Å². The fourth-order valence-corrected chi connectivity index (χ4v) is 2.05. The molecule has 2 rings (SSSR count). The van der Waals surface area contributed by atoms with Crippen molar-refractivity contribution in [2.24, 2.45) is 11.8 Å². The fraction of sp³-hybridized carbons (Fsp3) is 0.417. The summed E-state index contributed by atoms with van der Waals surface area (Å²) < 4.78 is 26.4. The molecule has 0 saturated carbocycles. The molecule has 2 unspecified atom stereocenters. The Kier molecular flexibility index (Phi) is 3.01. The number of ketones is 1. The molecule has 1 N–H and O–H groups in total. The summed E-state index contributed by atoms with van der Waals surface area (Å²) in [5.74, 6) is -2.41. The van der Waals surface area contributed by atoms with Gasteiger partial charge in [0.15, 0.2) is 17.4 Å². The summed E-state index contributed by atoms with van der Waals surface area (Å²) >= 11 is 0. The zero-order chi connectivity index (χ0) is 11.7. The van der Waals surface area contributed by atoms with Crippen molar-refractivity contribution in [3.8, 4) is 0 Å². The first-order chi connectivity index (χ1) is 7.61. The number of carbonyl (C=O) groups excluding carboxylic acids is 1. The normalized spacial score (nSPS) is 24.7. The summed E-state index contributed by atoms with van der Waals surface area (Å²) in [6.07, 6.45) is 0. The molecule has 0 aromatic heterocycles. The smallest absolute Gasteiger partial charge is 0.170 e. The van der Waals surface area contributed by atoms with Crippen molar-refractivity contribution in [2.75, 3.05) is 13.1 Å². The SMILES string of the molecule is CC1CNCC1C(=O)c1cccc(F)c1F. The van der Waals surface area contributed by atoms with Crippen LogP contribution in [0, 0.1) is 23.5 Å². The molecule has 1 heterocycles. The predicted molar refractivity (Wildman–Crippen MR) is 56.2 cm³/mol.